The smallest absolute Gasteiger partial charge is 0.0452 e. The lowest BCUT2D eigenvalue weighted by Crippen LogP contribution is -2.23. The molecule has 2 heteroatoms. The van der Waals surface area contributed by atoms with Gasteiger partial charge in [0, 0.05) is 16.2 Å². The zero-order valence-electron chi connectivity index (χ0n) is 11.3. The van der Waals surface area contributed by atoms with E-state index in [4.69, 9.17) is 0 Å². The summed E-state index contributed by atoms with van der Waals surface area (Å²) in [5.74, 6) is 0.619. The molecule has 1 N–H and O–H groups in total. The maximum Gasteiger partial charge on any atom is 0.0452 e. The first-order valence-electron chi connectivity index (χ1n) is 6.65. The Morgan fingerprint density at radius 1 is 1.35 bits per heavy atom. The number of thioether (sulfide) groups is 1. The second-order valence-electron chi connectivity index (χ2n) is 5.16. The number of benzene rings is 1. The van der Waals surface area contributed by atoms with Crippen LogP contribution in [0.2, 0.25) is 0 Å². The van der Waals surface area contributed by atoms with Gasteiger partial charge in [-0.25, -0.2) is 0 Å². The maximum atomic E-state index is 3.50. The van der Waals surface area contributed by atoms with Crippen LogP contribution in [-0.4, -0.2) is 12.3 Å². The third-order valence-corrected chi connectivity index (χ3v) is 5.01. The summed E-state index contributed by atoms with van der Waals surface area (Å²) in [6, 6.07) is 7.55. The molecular formula is C15H23NS. The Bertz CT molecular complexity index is 387. The average Bonchev–Trinajstić information content (AvgIpc) is 2.65. The van der Waals surface area contributed by atoms with Crippen molar-refractivity contribution in [2.45, 2.75) is 55.7 Å². The molecule has 0 aromatic heterocycles. The highest BCUT2D eigenvalue weighted by Gasteiger charge is 2.31. The quantitative estimate of drug-likeness (QED) is 0.851. The molecule has 0 saturated carbocycles. The fraction of sp³-hybridized carbons (Fsp3) is 0.600. The topological polar surface area (TPSA) is 12.0 Å². The lowest BCUT2D eigenvalue weighted by atomic mass is 9.95. The molecule has 2 atom stereocenters. The van der Waals surface area contributed by atoms with Gasteiger partial charge in [-0.05, 0) is 36.6 Å². The van der Waals surface area contributed by atoms with Crippen LogP contribution in [0, 0.1) is 0 Å². The van der Waals surface area contributed by atoms with E-state index < -0.39 is 0 Å². The zero-order chi connectivity index (χ0) is 12.4. The molecule has 94 valence electrons. The van der Waals surface area contributed by atoms with Gasteiger partial charge in [0.05, 0.1) is 0 Å². The van der Waals surface area contributed by atoms with E-state index in [0.29, 0.717) is 17.2 Å². The molecule has 1 aliphatic heterocycles. The molecule has 0 bridgehead atoms. The molecule has 0 spiro atoms. The summed E-state index contributed by atoms with van der Waals surface area (Å²) in [5, 5.41) is 4.21. The van der Waals surface area contributed by atoms with Gasteiger partial charge >= 0.3 is 0 Å². The molecule has 1 aromatic carbocycles. The molecule has 0 saturated heterocycles. The Morgan fingerprint density at radius 2 is 2.12 bits per heavy atom. The van der Waals surface area contributed by atoms with Crippen molar-refractivity contribution in [1.29, 1.82) is 0 Å². The van der Waals surface area contributed by atoms with Gasteiger partial charge in [0.1, 0.15) is 0 Å². The van der Waals surface area contributed by atoms with Crippen LogP contribution in [-0.2, 0) is 0 Å². The summed E-state index contributed by atoms with van der Waals surface area (Å²) in [6.45, 7) is 6.80. The third-order valence-electron chi connectivity index (χ3n) is 3.57. The van der Waals surface area contributed by atoms with Crippen LogP contribution in [0.4, 0.5) is 0 Å². The van der Waals surface area contributed by atoms with E-state index in [0.717, 1.165) is 0 Å². The summed E-state index contributed by atoms with van der Waals surface area (Å²) >= 11 is 2.05. The van der Waals surface area contributed by atoms with E-state index in [1.165, 1.54) is 28.9 Å². The highest BCUT2D eigenvalue weighted by Crippen LogP contribution is 2.46. The summed E-state index contributed by atoms with van der Waals surface area (Å²) in [6.07, 6.45) is 2.56. The molecule has 1 aromatic rings. The Hall–Kier alpha value is -0.470. The van der Waals surface area contributed by atoms with E-state index >= 15 is 0 Å². The minimum atomic E-state index is 0.536. The molecule has 2 rings (SSSR count). The summed E-state index contributed by atoms with van der Waals surface area (Å²) in [7, 11) is 2.09. The van der Waals surface area contributed by atoms with Crippen molar-refractivity contribution in [3.63, 3.8) is 0 Å². The summed E-state index contributed by atoms with van der Waals surface area (Å²) in [5.41, 5.74) is 2.98. The van der Waals surface area contributed by atoms with Crippen molar-refractivity contribution in [3.05, 3.63) is 29.3 Å². The molecular weight excluding hydrogens is 226 g/mol. The monoisotopic (exact) mass is 249 g/mol. The first-order chi connectivity index (χ1) is 8.17. The number of nitrogens with one attached hydrogen (secondary N) is 1. The average molecular weight is 249 g/mol. The van der Waals surface area contributed by atoms with Gasteiger partial charge in [0.25, 0.3) is 0 Å². The van der Waals surface area contributed by atoms with Crippen molar-refractivity contribution in [1.82, 2.24) is 5.32 Å². The Balaban J connectivity index is 2.30. The van der Waals surface area contributed by atoms with Crippen molar-refractivity contribution in [2.75, 3.05) is 7.05 Å². The van der Waals surface area contributed by atoms with Crippen molar-refractivity contribution >= 4 is 11.8 Å². The molecule has 1 nitrogen and oxygen atoms in total. The van der Waals surface area contributed by atoms with Crippen LogP contribution in [0.15, 0.2) is 23.1 Å². The molecule has 0 radical (unpaired) electrons. The van der Waals surface area contributed by atoms with Crippen molar-refractivity contribution < 1.29 is 0 Å². The van der Waals surface area contributed by atoms with E-state index in [9.17, 15) is 0 Å². The van der Waals surface area contributed by atoms with Gasteiger partial charge in [-0.15, -0.1) is 11.8 Å². The number of hydrogen-bond acceptors (Lipinski definition) is 2. The normalized spacial score (nSPS) is 23.1. The Morgan fingerprint density at radius 3 is 2.71 bits per heavy atom. The summed E-state index contributed by atoms with van der Waals surface area (Å²) < 4.78 is 0. The van der Waals surface area contributed by atoms with E-state index in [1.807, 2.05) is 0 Å². The van der Waals surface area contributed by atoms with Crippen LogP contribution in [0.1, 0.15) is 56.7 Å². The van der Waals surface area contributed by atoms with Gasteiger partial charge in [-0.2, -0.15) is 0 Å². The fourth-order valence-electron chi connectivity index (χ4n) is 2.56. The minimum absolute atomic E-state index is 0.536. The van der Waals surface area contributed by atoms with Crippen LogP contribution in [0.25, 0.3) is 0 Å². The van der Waals surface area contributed by atoms with Gasteiger partial charge in [0.15, 0.2) is 0 Å². The van der Waals surface area contributed by atoms with E-state index in [1.54, 1.807) is 0 Å². The molecule has 1 heterocycles. The maximum absolute atomic E-state index is 3.50. The Labute approximate surface area is 109 Å². The molecule has 0 aliphatic carbocycles. The van der Waals surface area contributed by atoms with Gasteiger partial charge in [-0.3, -0.25) is 0 Å². The highest BCUT2D eigenvalue weighted by molar-refractivity contribution is 8.00. The Kier molecular flexibility index (Phi) is 4.16. The first-order valence-corrected chi connectivity index (χ1v) is 7.53. The van der Waals surface area contributed by atoms with Gasteiger partial charge < -0.3 is 5.32 Å². The van der Waals surface area contributed by atoms with E-state index in [-0.39, 0.29) is 0 Å². The molecule has 1 aliphatic rings. The summed E-state index contributed by atoms with van der Waals surface area (Å²) in [4.78, 5) is 1.48. The van der Waals surface area contributed by atoms with E-state index in [2.05, 4.69) is 63.1 Å². The second kappa shape index (κ2) is 5.45. The fourth-order valence-corrected chi connectivity index (χ4v) is 4.13. The minimum Gasteiger partial charge on any atom is -0.312 e. The third kappa shape index (κ3) is 2.53. The number of rotatable bonds is 4. The largest absolute Gasteiger partial charge is 0.312 e. The molecule has 0 fully saturated rings. The highest BCUT2D eigenvalue weighted by atomic mass is 32.2. The van der Waals surface area contributed by atoms with Gasteiger partial charge in [-0.1, -0.05) is 39.3 Å². The second-order valence-corrected chi connectivity index (χ2v) is 6.44. The standard InChI is InChI=1S/C15H23NS/c1-5-6-14-15(16-4)12-9-11(10(2)3)7-8-13(12)17-14/h7-10,14-16H,5-6H2,1-4H3. The van der Waals surface area contributed by atoms with Crippen molar-refractivity contribution in [3.8, 4) is 0 Å². The molecule has 17 heavy (non-hydrogen) atoms. The van der Waals surface area contributed by atoms with Crippen LogP contribution in [0.5, 0.6) is 0 Å². The zero-order valence-corrected chi connectivity index (χ0v) is 12.1. The lowest BCUT2D eigenvalue weighted by molar-refractivity contribution is 0.543. The molecule has 2 unspecified atom stereocenters. The van der Waals surface area contributed by atoms with Crippen LogP contribution >= 0.6 is 11.8 Å². The van der Waals surface area contributed by atoms with Crippen molar-refractivity contribution in [2.24, 2.45) is 0 Å². The predicted octanol–water partition coefficient (Wildman–Crippen LogP) is 4.34. The number of fused-ring (bicyclic) bond motifs is 1. The SMILES string of the molecule is CCCC1Sc2ccc(C(C)C)cc2C1NC. The van der Waals surface area contributed by atoms with Crippen LogP contribution in [0.3, 0.4) is 0 Å². The predicted molar refractivity (Wildman–Crippen MR) is 76.9 cm³/mol. The number of hydrogen-bond donors (Lipinski definition) is 1. The van der Waals surface area contributed by atoms with Gasteiger partial charge in [0.2, 0.25) is 0 Å². The lowest BCUT2D eigenvalue weighted by Gasteiger charge is -2.18. The molecule has 0 amide bonds. The first kappa shape index (κ1) is 13.0. The van der Waals surface area contributed by atoms with Crippen LogP contribution < -0.4 is 5.32 Å².